The van der Waals surface area contributed by atoms with Crippen molar-refractivity contribution < 1.29 is 9.31 Å². The summed E-state index contributed by atoms with van der Waals surface area (Å²) in [6.07, 6.45) is 4.93. The molecule has 94 valence electrons. The number of nitrogens with zero attached hydrogens (tertiary/aromatic N) is 2. The Morgan fingerprint density at radius 3 is 1.65 bits per heavy atom. The van der Waals surface area contributed by atoms with Gasteiger partial charge in [-0.05, 0) is 41.5 Å². The minimum absolute atomic E-state index is 0.286. The molecule has 0 aliphatic heterocycles. The van der Waals surface area contributed by atoms with Gasteiger partial charge in [0.15, 0.2) is 0 Å². The molecule has 0 fully saturated rings. The van der Waals surface area contributed by atoms with Gasteiger partial charge in [-0.1, -0.05) is 0 Å². The van der Waals surface area contributed by atoms with Gasteiger partial charge >= 0.3 is 7.12 Å². The first-order valence-electron chi connectivity index (χ1n) is 5.78. The second-order valence-electron chi connectivity index (χ2n) is 5.96. The van der Waals surface area contributed by atoms with Gasteiger partial charge in [-0.25, -0.2) is 9.97 Å². The average molecular weight is 236 g/mol. The predicted molar refractivity (Wildman–Crippen MR) is 69.1 cm³/mol. The van der Waals surface area contributed by atoms with E-state index in [0.29, 0.717) is 0 Å². The summed E-state index contributed by atoms with van der Waals surface area (Å²) in [5.74, 6) is 0. The lowest BCUT2D eigenvalue weighted by atomic mass is 9.78. The standard InChI is InChI=1S/C12H21BN2O2/c1-11(2,3)16-13(17-12(4,5)6)10-7-14-9-15-8-10/h7-9H,1-6H3. The van der Waals surface area contributed by atoms with Gasteiger partial charge in [0, 0.05) is 29.1 Å². The lowest BCUT2D eigenvalue weighted by Gasteiger charge is -2.30. The van der Waals surface area contributed by atoms with Crippen LogP contribution in [0.4, 0.5) is 0 Å². The van der Waals surface area contributed by atoms with E-state index < -0.39 is 7.12 Å². The van der Waals surface area contributed by atoms with Crippen LogP contribution in [0.2, 0.25) is 0 Å². The van der Waals surface area contributed by atoms with Gasteiger partial charge in [0.1, 0.15) is 6.33 Å². The minimum atomic E-state index is -0.448. The van der Waals surface area contributed by atoms with Crippen molar-refractivity contribution in [1.82, 2.24) is 9.97 Å². The molecule has 0 saturated heterocycles. The maximum absolute atomic E-state index is 5.90. The Bertz CT molecular complexity index is 328. The molecule has 17 heavy (non-hydrogen) atoms. The fourth-order valence-electron chi connectivity index (χ4n) is 1.23. The van der Waals surface area contributed by atoms with E-state index in [9.17, 15) is 0 Å². The highest BCUT2D eigenvalue weighted by atomic mass is 16.6. The molecule has 0 aliphatic carbocycles. The van der Waals surface area contributed by atoms with E-state index in [1.165, 1.54) is 6.33 Å². The van der Waals surface area contributed by atoms with Crippen molar-refractivity contribution in [3.05, 3.63) is 18.7 Å². The van der Waals surface area contributed by atoms with E-state index in [-0.39, 0.29) is 11.2 Å². The summed E-state index contributed by atoms with van der Waals surface area (Å²) in [5, 5.41) is 0. The molecule has 0 amide bonds. The molecule has 1 aromatic rings. The van der Waals surface area contributed by atoms with Crippen molar-refractivity contribution in [2.75, 3.05) is 0 Å². The van der Waals surface area contributed by atoms with E-state index in [1.807, 2.05) is 41.5 Å². The molecule has 0 N–H and O–H groups in total. The van der Waals surface area contributed by atoms with Crippen LogP contribution in [0.3, 0.4) is 0 Å². The largest absolute Gasteiger partial charge is 0.497 e. The van der Waals surface area contributed by atoms with Gasteiger partial charge in [0.25, 0.3) is 0 Å². The molecule has 0 bridgehead atoms. The van der Waals surface area contributed by atoms with Crippen molar-refractivity contribution in [2.24, 2.45) is 0 Å². The van der Waals surface area contributed by atoms with Crippen LogP contribution in [-0.4, -0.2) is 28.3 Å². The number of rotatable bonds is 3. The Morgan fingerprint density at radius 2 is 1.29 bits per heavy atom. The first-order valence-corrected chi connectivity index (χ1v) is 5.78. The van der Waals surface area contributed by atoms with Crippen molar-refractivity contribution in [3.8, 4) is 0 Å². The van der Waals surface area contributed by atoms with Gasteiger partial charge in [-0.3, -0.25) is 0 Å². The van der Waals surface area contributed by atoms with Crippen LogP contribution in [0.25, 0.3) is 0 Å². The molecule has 1 heterocycles. The molecule has 0 spiro atoms. The van der Waals surface area contributed by atoms with E-state index in [0.717, 1.165) is 5.46 Å². The fraction of sp³-hybridized carbons (Fsp3) is 0.667. The van der Waals surface area contributed by atoms with Crippen molar-refractivity contribution >= 4 is 12.6 Å². The van der Waals surface area contributed by atoms with E-state index in [4.69, 9.17) is 9.31 Å². The third-order valence-electron chi connectivity index (χ3n) is 1.77. The SMILES string of the molecule is CC(C)(C)OB(OC(C)(C)C)c1cncnc1. The van der Waals surface area contributed by atoms with Crippen LogP contribution >= 0.6 is 0 Å². The monoisotopic (exact) mass is 236 g/mol. The molecule has 0 aliphatic rings. The van der Waals surface area contributed by atoms with Crippen molar-refractivity contribution in [3.63, 3.8) is 0 Å². The Kier molecular flexibility index (Phi) is 4.28. The lowest BCUT2D eigenvalue weighted by Crippen LogP contribution is -2.47. The van der Waals surface area contributed by atoms with Crippen LogP contribution in [0.5, 0.6) is 0 Å². The zero-order valence-corrected chi connectivity index (χ0v) is 11.5. The summed E-state index contributed by atoms with van der Waals surface area (Å²) in [6.45, 7) is 12.0. The third-order valence-corrected chi connectivity index (χ3v) is 1.77. The van der Waals surface area contributed by atoms with Gasteiger partial charge in [0.05, 0.1) is 0 Å². The fourth-order valence-corrected chi connectivity index (χ4v) is 1.23. The quantitative estimate of drug-likeness (QED) is 0.750. The molecule has 1 aromatic heterocycles. The lowest BCUT2D eigenvalue weighted by molar-refractivity contribution is 0.0408. The highest BCUT2D eigenvalue weighted by molar-refractivity contribution is 6.61. The smallest absolute Gasteiger partial charge is 0.403 e. The minimum Gasteiger partial charge on any atom is -0.403 e. The Balaban J connectivity index is 2.87. The highest BCUT2D eigenvalue weighted by Gasteiger charge is 2.32. The molecule has 0 aromatic carbocycles. The molecule has 0 atom stereocenters. The van der Waals surface area contributed by atoms with Crippen molar-refractivity contribution in [2.45, 2.75) is 52.7 Å². The van der Waals surface area contributed by atoms with Gasteiger partial charge in [-0.15, -0.1) is 0 Å². The van der Waals surface area contributed by atoms with Crippen LogP contribution in [0, 0.1) is 0 Å². The second-order valence-corrected chi connectivity index (χ2v) is 5.96. The molecule has 5 heteroatoms. The Hall–Kier alpha value is -0.935. The first kappa shape index (κ1) is 14.1. The second kappa shape index (κ2) is 5.15. The number of hydrogen-bond donors (Lipinski definition) is 0. The number of hydrogen-bond acceptors (Lipinski definition) is 4. The Labute approximate surface area is 104 Å². The van der Waals surface area contributed by atoms with Crippen molar-refractivity contribution in [1.29, 1.82) is 0 Å². The first-order chi connectivity index (χ1) is 7.67. The topological polar surface area (TPSA) is 44.2 Å². The molecule has 0 radical (unpaired) electrons. The number of aromatic nitrogens is 2. The third kappa shape index (κ3) is 5.80. The summed E-state index contributed by atoms with van der Waals surface area (Å²) in [4.78, 5) is 7.99. The summed E-state index contributed by atoms with van der Waals surface area (Å²) >= 11 is 0. The maximum atomic E-state index is 5.90. The summed E-state index contributed by atoms with van der Waals surface area (Å²) in [6, 6.07) is 0. The molecule has 1 rings (SSSR count). The molecular formula is C12H21BN2O2. The van der Waals surface area contributed by atoms with Crippen LogP contribution in [0.15, 0.2) is 18.7 Å². The van der Waals surface area contributed by atoms with E-state index >= 15 is 0 Å². The maximum Gasteiger partial charge on any atom is 0.497 e. The summed E-state index contributed by atoms with van der Waals surface area (Å²) < 4.78 is 11.8. The summed E-state index contributed by atoms with van der Waals surface area (Å²) in [5.41, 5.74) is 0.259. The van der Waals surface area contributed by atoms with Gasteiger partial charge in [0.2, 0.25) is 0 Å². The van der Waals surface area contributed by atoms with Gasteiger partial charge < -0.3 is 9.31 Å². The normalized spacial score (nSPS) is 12.6. The van der Waals surface area contributed by atoms with E-state index in [1.54, 1.807) is 12.4 Å². The zero-order valence-electron chi connectivity index (χ0n) is 11.5. The van der Waals surface area contributed by atoms with Crippen LogP contribution < -0.4 is 5.46 Å². The molecule has 4 nitrogen and oxygen atoms in total. The molecule has 0 unspecified atom stereocenters. The summed E-state index contributed by atoms with van der Waals surface area (Å²) in [7, 11) is -0.448. The van der Waals surface area contributed by atoms with Crippen LogP contribution in [0.1, 0.15) is 41.5 Å². The van der Waals surface area contributed by atoms with Gasteiger partial charge in [-0.2, -0.15) is 0 Å². The van der Waals surface area contributed by atoms with E-state index in [2.05, 4.69) is 9.97 Å². The predicted octanol–water partition coefficient (Wildman–Crippen LogP) is 1.80. The Morgan fingerprint density at radius 1 is 0.882 bits per heavy atom. The zero-order chi connectivity index (χ0) is 13.1. The molecule has 0 saturated carbocycles. The van der Waals surface area contributed by atoms with Crippen LogP contribution in [-0.2, 0) is 9.31 Å². The highest BCUT2D eigenvalue weighted by Crippen LogP contribution is 2.15. The average Bonchev–Trinajstić information content (AvgIpc) is 2.14. The molecular weight excluding hydrogens is 215 g/mol.